The van der Waals surface area contributed by atoms with Crippen molar-refractivity contribution in [3.8, 4) is 0 Å². The van der Waals surface area contributed by atoms with Gasteiger partial charge in [0, 0.05) is 31.7 Å². The summed E-state index contributed by atoms with van der Waals surface area (Å²) in [5, 5.41) is 5.87. The smallest absolute Gasteiger partial charge is 0.251 e. The molecule has 0 heterocycles. The quantitative estimate of drug-likeness (QED) is 0.707. The third-order valence-electron chi connectivity index (χ3n) is 3.29. The molecule has 0 saturated carbocycles. The molecule has 0 bridgehead atoms. The maximum Gasteiger partial charge on any atom is 0.251 e. The Hall–Kier alpha value is -1.88. The first-order valence-corrected chi connectivity index (χ1v) is 7.41. The van der Waals surface area contributed by atoms with Gasteiger partial charge in [-0.3, -0.25) is 9.59 Å². The molecule has 5 nitrogen and oxygen atoms in total. The van der Waals surface area contributed by atoms with E-state index < -0.39 is 0 Å². The molecule has 0 atom stereocenters. The third-order valence-corrected chi connectivity index (χ3v) is 3.29. The van der Waals surface area contributed by atoms with E-state index in [4.69, 9.17) is 0 Å². The molecule has 116 valence electrons. The zero-order chi connectivity index (χ0) is 15.7. The van der Waals surface area contributed by atoms with Crippen LogP contribution in [0.1, 0.15) is 29.8 Å². The maximum atomic E-state index is 11.8. The summed E-state index contributed by atoms with van der Waals surface area (Å²) in [6, 6.07) is 7.44. The molecule has 0 unspecified atom stereocenters. The van der Waals surface area contributed by atoms with Crippen molar-refractivity contribution in [2.24, 2.45) is 0 Å². The Balaban J connectivity index is 2.21. The summed E-state index contributed by atoms with van der Waals surface area (Å²) >= 11 is 0. The molecule has 0 aliphatic rings. The number of likely N-dealkylation sites (N-methyl/N-ethyl adjacent to an activating group) is 1. The van der Waals surface area contributed by atoms with Crippen molar-refractivity contribution in [3.05, 3.63) is 35.4 Å². The monoisotopic (exact) mass is 291 g/mol. The summed E-state index contributed by atoms with van der Waals surface area (Å²) in [5.41, 5.74) is 1.78. The van der Waals surface area contributed by atoms with Crippen LogP contribution in [0.2, 0.25) is 0 Å². The average Bonchev–Trinajstić information content (AvgIpc) is 2.48. The van der Waals surface area contributed by atoms with Gasteiger partial charge >= 0.3 is 0 Å². The molecule has 21 heavy (non-hydrogen) atoms. The maximum absolute atomic E-state index is 11.8. The van der Waals surface area contributed by atoms with Crippen molar-refractivity contribution in [1.82, 2.24) is 15.5 Å². The van der Waals surface area contributed by atoms with Crippen LogP contribution in [-0.4, -0.2) is 49.4 Å². The Bertz CT molecular complexity index is 453. The van der Waals surface area contributed by atoms with Gasteiger partial charge in [-0.2, -0.15) is 0 Å². The molecular formula is C16H25N3O2. The van der Waals surface area contributed by atoms with E-state index in [1.807, 2.05) is 45.0 Å². The van der Waals surface area contributed by atoms with Crippen LogP contribution in [-0.2, 0) is 4.79 Å². The summed E-state index contributed by atoms with van der Waals surface area (Å²) in [4.78, 5) is 25.3. The number of carbonyl (C=O) groups excluding carboxylic acids is 2. The number of hydrogen-bond acceptors (Lipinski definition) is 3. The lowest BCUT2D eigenvalue weighted by molar-refractivity contribution is -0.129. The molecule has 1 aromatic rings. The number of aryl methyl sites for hydroxylation is 1. The van der Waals surface area contributed by atoms with Crippen LogP contribution in [0, 0.1) is 6.92 Å². The van der Waals surface area contributed by atoms with E-state index in [0.717, 1.165) is 18.7 Å². The zero-order valence-corrected chi connectivity index (χ0v) is 13.1. The standard InChI is InChI=1S/C16H25N3O2/c1-4-19(5-2)15(20)12-17-10-11-18-16(21)14-8-6-13(3)7-9-14/h6-9,17H,4-5,10-12H2,1-3H3,(H,18,21). The van der Waals surface area contributed by atoms with Gasteiger partial charge in [0.05, 0.1) is 6.54 Å². The topological polar surface area (TPSA) is 61.4 Å². The second-order valence-electron chi connectivity index (χ2n) is 4.86. The fourth-order valence-electron chi connectivity index (χ4n) is 1.95. The lowest BCUT2D eigenvalue weighted by Gasteiger charge is -2.18. The molecule has 1 aromatic carbocycles. The minimum atomic E-state index is -0.0909. The molecule has 5 heteroatoms. The van der Waals surface area contributed by atoms with Crippen molar-refractivity contribution in [2.45, 2.75) is 20.8 Å². The van der Waals surface area contributed by atoms with Crippen molar-refractivity contribution >= 4 is 11.8 Å². The van der Waals surface area contributed by atoms with E-state index in [2.05, 4.69) is 10.6 Å². The predicted octanol–water partition coefficient (Wildman–Crippen LogP) is 1.18. The highest BCUT2D eigenvalue weighted by atomic mass is 16.2. The first kappa shape index (κ1) is 17.2. The predicted molar refractivity (Wildman–Crippen MR) is 84.3 cm³/mol. The first-order chi connectivity index (χ1) is 10.1. The van der Waals surface area contributed by atoms with E-state index >= 15 is 0 Å². The number of amides is 2. The number of nitrogens with zero attached hydrogens (tertiary/aromatic N) is 1. The number of benzene rings is 1. The van der Waals surface area contributed by atoms with Gasteiger partial charge in [0.25, 0.3) is 5.91 Å². The summed E-state index contributed by atoms with van der Waals surface area (Å²) in [6.07, 6.45) is 0. The van der Waals surface area contributed by atoms with Crippen molar-refractivity contribution in [3.63, 3.8) is 0 Å². The molecule has 0 aliphatic carbocycles. The van der Waals surface area contributed by atoms with Gasteiger partial charge in [0.1, 0.15) is 0 Å². The van der Waals surface area contributed by atoms with Crippen LogP contribution in [0.5, 0.6) is 0 Å². The summed E-state index contributed by atoms with van der Waals surface area (Å²) < 4.78 is 0. The largest absolute Gasteiger partial charge is 0.351 e. The minimum Gasteiger partial charge on any atom is -0.351 e. The van der Waals surface area contributed by atoms with Crippen molar-refractivity contribution in [1.29, 1.82) is 0 Å². The van der Waals surface area contributed by atoms with Crippen LogP contribution in [0.4, 0.5) is 0 Å². The molecule has 0 saturated heterocycles. The van der Waals surface area contributed by atoms with Gasteiger partial charge in [-0.15, -0.1) is 0 Å². The van der Waals surface area contributed by atoms with Crippen LogP contribution in [0.3, 0.4) is 0 Å². The zero-order valence-electron chi connectivity index (χ0n) is 13.1. The summed E-state index contributed by atoms with van der Waals surface area (Å²) in [5.74, 6) is -0.00303. The number of carbonyl (C=O) groups is 2. The van der Waals surface area contributed by atoms with Gasteiger partial charge in [0.15, 0.2) is 0 Å². The van der Waals surface area contributed by atoms with Gasteiger partial charge in [-0.05, 0) is 32.9 Å². The lowest BCUT2D eigenvalue weighted by atomic mass is 10.1. The molecule has 2 N–H and O–H groups in total. The van der Waals surface area contributed by atoms with Crippen LogP contribution < -0.4 is 10.6 Å². The Morgan fingerprint density at radius 1 is 1.05 bits per heavy atom. The van der Waals surface area contributed by atoms with E-state index in [0.29, 0.717) is 25.2 Å². The fourth-order valence-corrected chi connectivity index (χ4v) is 1.95. The Kier molecular flexibility index (Phi) is 7.46. The van der Waals surface area contributed by atoms with Crippen LogP contribution in [0.25, 0.3) is 0 Å². The number of hydrogen-bond donors (Lipinski definition) is 2. The number of rotatable bonds is 8. The SMILES string of the molecule is CCN(CC)C(=O)CNCCNC(=O)c1ccc(C)cc1. The highest BCUT2D eigenvalue weighted by Gasteiger charge is 2.08. The van der Waals surface area contributed by atoms with Gasteiger partial charge in [-0.1, -0.05) is 17.7 Å². The molecule has 0 spiro atoms. The summed E-state index contributed by atoms with van der Waals surface area (Å²) in [6.45, 7) is 8.73. The molecule has 2 amide bonds. The van der Waals surface area contributed by atoms with Crippen LogP contribution >= 0.6 is 0 Å². The molecule has 0 fully saturated rings. The van der Waals surface area contributed by atoms with E-state index in [9.17, 15) is 9.59 Å². The summed E-state index contributed by atoms with van der Waals surface area (Å²) in [7, 11) is 0. The van der Waals surface area contributed by atoms with Gasteiger partial charge in [0.2, 0.25) is 5.91 Å². The third kappa shape index (κ3) is 5.95. The number of nitrogens with one attached hydrogen (secondary N) is 2. The van der Waals surface area contributed by atoms with E-state index in [1.165, 1.54) is 0 Å². The Morgan fingerprint density at radius 2 is 1.67 bits per heavy atom. The second kappa shape index (κ2) is 9.13. The van der Waals surface area contributed by atoms with Gasteiger partial charge in [-0.25, -0.2) is 0 Å². The Labute approximate surface area is 126 Å². The Morgan fingerprint density at radius 3 is 2.24 bits per heavy atom. The average molecular weight is 291 g/mol. The second-order valence-corrected chi connectivity index (χ2v) is 4.86. The van der Waals surface area contributed by atoms with E-state index in [-0.39, 0.29) is 11.8 Å². The normalized spacial score (nSPS) is 10.2. The first-order valence-electron chi connectivity index (χ1n) is 7.41. The van der Waals surface area contributed by atoms with Crippen molar-refractivity contribution in [2.75, 3.05) is 32.7 Å². The van der Waals surface area contributed by atoms with E-state index in [1.54, 1.807) is 4.90 Å². The van der Waals surface area contributed by atoms with Crippen molar-refractivity contribution < 1.29 is 9.59 Å². The molecule has 0 aromatic heterocycles. The molecule has 0 aliphatic heterocycles. The fraction of sp³-hybridized carbons (Fsp3) is 0.500. The minimum absolute atomic E-state index is 0.0878. The highest BCUT2D eigenvalue weighted by molar-refractivity contribution is 5.94. The molecule has 1 rings (SSSR count). The molecular weight excluding hydrogens is 266 g/mol. The highest BCUT2D eigenvalue weighted by Crippen LogP contribution is 2.02. The van der Waals surface area contributed by atoms with Gasteiger partial charge < -0.3 is 15.5 Å². The molecule has 0 radical (unpaired) electrons. The lowest BCUT2D eigenvalue weighted by Crippen LogP contribution is -2.40. The van der Waals surface area contributed by atoms with Crippen LogP contribution in [0.15, 0.2) is 24.3 Å².